The summed E-state index contributed by atoms with van der Waals surface area (Å²) in [7, 11) is -60.9. The molecule has 0 amide bonds. The molecule has 5 aromatic carbocycles. The van der Waals surface area contributed by atoms with E-state index in [-0.39, 0.29) is 387 Å². The molecule has 51 nitrogen and oxygen atoms in total. The second kappa shape index (κ2) is 48.5. The van der Waals surface area contributed by atoms with Crippen LogP contribution in [0.5, 0.6) is 57.5 Å². The van der Waals surface area contributed by atoms with Gasteiger partial charge in [0.2, 0.25) is 12.4 Å². The van der Waals surface area contributed by atoms with Gasteiger partial charge in [-0.2, -0.15) is 0 Å². The molecule has 0 bridgehead atoms. The molecular weight excluding hydrogens is 1860 g/mol. The van der Waals surface area contributed by atoms with Gasteiger partial charge in [-0.05, 0) is 60.7 Å². The summed E-state index contributed by atoms with van der Waals surface area (Å²) in [6, 6.07) is 0.817. The fraction of sp³-hybridized carbons (Fsp3) is 0.146. The fourth-order valence-corrected chi connectivity index (χ4v) is 10.9. The molecule has 0 radical (unpaired) electrons. The van der Waals surface area contributed by atoms with Crippen LogP contribution in [-0.2, 0) is 132 Å². The van der Waals surface area contributed by atoms with Gasteiger partial charge in [-0.15, -0.1) is 0 Å². The first-order chi connectivity index (χ1) is 46.2. The van der Waals surface area contributed by atoms with Crippen LogP contribution in [0.3, 0.4) is 0 Å². The number of esters is 5. The van der Waals surface area contributed by atoms with Crippen molar-refractivity contribution in [1.29, 1.82) is 0 Å². The Labute approximate surface area is 852 Å². The van der Waals surface area contributed by atoms with Gasteiger partial charge in [-0.3, -0.25) is 0 Å². The third kappa shape index (κ3) is 45.1. The molecule has 562 valence electrons. The third-order valence-corrected chi connectivity index (χ3v) is 14.4. The quantitative estimate of drug-likeness (QED) is 0.0131. The van der Waals surface area contributed by atoms with Gasteiger partial charge >= 0.3 is 325 Å². The van der Waals surface area contributed by atoms with E-state index in [1.54, 1.807) is 0 Å². The maximum absolute atomic E-state index is 14.7. The smallest absolute Gasteiger partial charge is 0.716 e. The van der Waals surface area contributed by atoms with Crippen molar-refractivity contribution in [1.82, 2.24) is 0 Å². The van der Waals surface area contributed by atoms with Gasteiger partial charge in [-0.25, -0.2) is 108 Å². The number of hydrogen-bond acceptors (Lipinski definition) is 51. The Balaban J connectivity index is -0.00000382. The van der Waals surface area contributed by atoms with Crippen LogP contribution in [0, 0.1) is 0 Å². The summed E-state index contributed by atoms with van der Waals surface area (Å²) in [5, 5.41) is 0. The number of carbonyl (C=O) groups excluding carboxylic acids is 5. The van der Waals surface area contributed by atoms with Crippen molar-refractivity contribution in [3.05, 3.63) is 119 Å². The van der Waals surface area contributed by atoms with E-state index >= 15 is 0 Å². The molecule has 112 heavy (non-hydrogen) atoms. The van der Waals surface area contributed by atoms with Crippen LogP contribution in [0.15, 0.2) is 91.0 Å². The van der Waals surface area contributed by atoms with Gasteiger partial charge in [0, 0.05) is 30.3 Å². The summed E-state index contributed by atoms with van der Waals surface area (Å²) in [4.78, 5) is 72.2. The van der Waals surface area contributed by atoms with Crippen molar-refractivity contribution in [3.63, 3.8) is 0 Å². The van der Waals surface area contributed by atoms with Gasteiger partial charge in [0.15, 0.2) is 12.2 Å². The van der Waals surface area contributed by atoms with E-state index in [4.69, 9.17) is 28.4 Å². The minimum Gasteiger partial charge on any atom is -0.716 e. The van der Waals surface area contributed by atoms with Crippen molar-refractivity contribution in [2.45, 2.75) is 30.7 Å². The molecule has 0 aliphatic carbocycles. The van der Waals surface area contributed by atoms with E-state index in [0.717, 1.165) is 0 Å². The first kappa shape index (κ1) is 121. The van der Waals surface area contributed by atoms with Crippen molar-refractivity contribution in [2.24, 2.45) is 0 Å². The average Bonchev–Trinajstić information content (AvgIpc) is 0.766. The number of hydrogen-bond donors (Lipinski definition) is 0. The minimum absolute atomic E-state index is 0. The van der Waals surface area contributed by atoms with Gasteiger partial charge < -0.3 is 116 Å². The Bertz CT molecular complexity index is 5190. The molecule has 5 atom stereocenters. The predicted molar refractivity (Wildman–Crippen MR) is 287 cm³/mol. The standard InChI is InChI=1S/C41H32O51S10.10Na/c42-36(17-1-22(83-93(47,48)49)11-23(2-17)84-94(50,51)52)77-16-32-33(79-37(43)18-3-24(85-95(53,54)55)12-25(4-18)86-96(56,57)58)34(80-38(44)19-5-26(87-97(59,60)61)13-27(6-19)88-98(62,63)64)35(81-39(45)20-7-28(89-99(65,66)67)14-29(8-20)90-100(68,69)70)41(78-32)82-40(46)21-9-30(91-101(71,72)73)15-31(10-21)92-102(74,75)76;;;;;;;;;;/h1-15,32-35,41H,16H2,(H,47,48,49)(H,50,51,52)(H,53,54,55)(H,56,57,58)(H,59,60,61)(H,62,63,64)(H,65,66,67)(H,68,69,70)(H,71,72,73)(H,74,75,76);;;;;;;;;;/q;10*+1/p-10/t32-,33-,34+,35-,41+;;;;;;;;;;/m1........../s1. The number of ether oxygens (including phenoxy) is 6. The molecule has 71 heteroatoms. The van der Waals surface area contributed by atoms with Crippen molar-refractivity contribution >= 4 is 134 Å². The van der Waals surface area contributed by atoms with Crippen LogP contribution in [-0.4, -0.2) is 197 Å². The van der Waals surface area contributed by atoms with Gasteiger partial charge in [0.05, 0.1) is 27.8 Å². The first-order valence-corrected chi connectivity index (χ1v) is 37.4. The predicted octanol–water partition coefficient (Wildman–Crippen LogP) is -35.5. The van der Waals surface area contributed by atoms with Crippen molar-refractivity contribution in [2.75, 3.05) is 6.61 Å². The molecular formula is C41H22Na10O51S10. The maximum atomic E-state index is 14.7. The normalized spacial score (nSPS) is 15.5. The topological polar surface area (TPSA) is 805 Å². The monoisotopic (exact) mass is 1880 g/mol. The van der Waals surface area contributed by atoms with Crippen LogP contribution >= 0.6 is 0 Å². The summed E-state index contributed by atoms with van der Waals surface area (Å²) in [5.41, 5.74) is -7.59. The van der Waals surface area contributed by atoms with Crippen LogP contribution in [0.4, 0.5) is 0 Å². The van der Waals surface area contributed by atoms with E-state index in [1.807, 2.05) is 0 Å². The van der Waals surface area contributed by atoms with E-state index < -0.39 is 256 Å². The minimum atomic E-state index is -6.13. The summed E-state index contributed by atoms with van der Waals surface area (Å²) in [6.07, 6.45) is -16.8. The van der Waals surface area contributed by atoms with E-state index in [9.17, 15) is 154 Å². The number of rotatable bonds is 31. The van der Waals surface area contributed by atoms with Crippen molar-refractivity contribution < 1.29 is 520 Å². The SMILES string of the molecule is O=C(OC[C@H]1O[C@@H](OC(=O)c2cc(OS(=O)(=O)[O-])cc(OS(=O)(=O)[O-])c2)[C@H](OC(=O)c2cc(OS(=O)(=O)[O-])cc(OS(=O)(=O)[O-])c2)[C@@H](OC(=O)c2cc(OS(=O)(=O)[O-])cc(OS(=O)(=O)[O-])c2)[C@@H]1OC(=O)c1cc(OS(=O)(=O)[O-])cc(OS(=O)(=O)[O-])c1)c1cc(OS(=O)(=O)[O-])cc(OS(=O)(=O)[O-])c1.[Na+].[Na+].[Na+].[Na+].[Na+].[Na+].[Na+].[Na+].[Na+].[Na+]. The Kier molecular flexibility index (Phi) is 52.4. The van der Waals surface area contributed by atoms with E-state index in [0.29, 0.717) is 0 Å². The molecule has 1 aliphatic heterocycles. The molecule has 0 N–H and O–H groups in total. The Morgan fingerprint density at radius 1 is 0.241 bits per heavy atom. The van der Waals surface area contributed by atoms with E-state index in [2.05, 4.69) is 41.8 Å². The van der Waals surface area contributed by atoms with Crippen molar-refractivity contribution in [3.8, 4) is 57.5 Å². The molecule has 0 spiro atoms. The Hall–Kier alpha value is 0.510. The molecule has 1 fully saturated rings. The summed E-state index contributed by atoms with van der Waals surface area (Å²) >= 11 is 0. The zero-order chi connectivity index (χ0) is 77.1. The molecule has 6 rings (SSSR count). The number of carbonyl (C=O) groups is 5. The van der Waals surface area contributed by atoms with Crippen LogP contribution in [0.1, 0.15) is 51.8 Å². The molecule has 5 aromatic rings. The summed E-state index contributed by atoms with van der Waals surface area (Å²) < 4.78 is 423. The molecule has 1 saturated heterocycles. The molecule has 0 unspecified atom stereocenters. The zero-order valence-electron chi connectivity index (χ0n) is 57.2. The molecule has 0 aromatic heterocycles. The fourth-order valence-electron chi connectivity index (χ4n) is 7.61. The maximum Gasteiger partial charge on any atom is 1.00 e. The molecule has 1 aliphatic rings. The summed E-state index contributed by atoms with van der Waals surface area (Å²) in [6.45, 7) is -2.03. The second-order valence-electron chi connectivity index (χ2n) is 18.0. The average molecular weight is 1880 g/mol. The second-order valence-corrected chi connectivity index (χ2v) is 27.9. The Morgan fingerprint density at radius 2 is 0.402 bits per heavy atom. The van der Waals surface area contributed by atoms with Gasteiger partial charge in [0.1, 0.15) is 70.2 Å². The van der Waals surface area contributed by atoms with Crippen LogP contribution in [0.25, 0.3) is 0 Å². The van der Waals surface area contributed by atoms with E-state index in [1.165, 1.54) is 0 Å². The number of benzene rings is 5. The van der Waals surface area contributed by atoms with Crippen LogP contribution < -0.4 is 337 Å². The largest absolute Gasteiger partial charge is 1.00 e. The zero-order valence-corrected chi connectivity index (χ0v) is 85.3. The van der Waals surface area contributed by atoms with Crippen LogP contribution in [0.2, 0.25) is 0 Å². The first-order valence-electron chi connectivity index (χ1n) is 24.1. The third-order valence-electron chi connectivity index (χ3n) is 10.5. The molecule has 1 heterocycles. The van der Waals surface area contributed by atoms with Gasteiger partial charge in [-0.1, -0.05) is 0 Å². The van der Waals surface area contributed by atoms with Gasteiger partial charge in [0.25, 0.3) is 104 Å². The summed E-state index contributed by atoms with van der Waals surface area (Å²) in [5.74, 6) is -27.1. The molecule has 0 saturated carbocycles. The Morgan fingerprint density at radius 3 is 0.589 bits per heavy atom.